The predicted molar refractivity (Wildman–Crippen MR) is 90.6 cm³/mol. The van der Waals surface area contributed by atoms with E-state index in [1.54, 1.807) is 0 Å². The quantitative estimate of drug-likeness (QED) is 0.881. The molecule has 4 fully saturated rings. The molecule has 1 aromatic carbocycles. The van der Waals surface area contributed by atoms with Crippen molar-refractivity contribution in [1.82, 2.24) is 5.32 Å². The number of amides is 2. The predicted octanol–water partition coefficient (Wildman–Crippen LogP) is 4.03. The minimum Gasteiger partial charge on any atom is -0.492 e. The summed E-state index contributed by atoms with van der Waals surface area (Å²) in [6, 6.07) is 7.90. The molecule has 0 aliphatic heterocycles. The van der Waals surface area contributed by atoms with Crippen molar-refractivity contribution in [2.45, 2.75) is 45.1 Å². The molecule has 124 valence electrons. The molecule has 0 unspecified atom stereocenters. The first-order valence-corrected chi connectivity index (χ1v) is 9.02. The molecular weight excluding hydrogens is 288 g/mol. The molecular formula is C19H26N2O2. The van der Waals surface area contributed by atoms with Crippen molar-refractivity contribution in [3.63, 3.8) is 0 Å². The second-order valence-corrected chi connectivity index (χ2v) is 7.48. The minimum atomic E-state index is -0.0883. The van der Waals surface area contributed by atoms with Gasteiger partial charge in [-0.05, 0) is 74.8 Å². The van der Waals surface area contributed by atoms with Gasteiger partial charge in [-0.25, -0.2) is 4.79 Å². The number of nitrogens with one attached hydrogen (secondary N) is 2. The molecule has 0 heterocycles. The summed E-state index contributed by atoms with van der Waals surface area (Å²) in [5.74, 6) is 3.98. The van der Waals surface area contributed by atoms with E-state index >= 15 is 0 Å². The van der Waals surface area contributed by atoms with Crippen molar-refractivity contribution in [3.8, 4) is 5.75 Å². The van der Waals surface area contributed by atoms with Gasteiger partial charge >= 0.3 is 6.03 Å². The average molecular weight is 314 g/mol. The molecule has 4 saturated carbocycles. The average Bonchev–Trinajstić information content (AvgIpc) is 2.52. The van der Waals surface area contributed by atoms with Gasteiger partial charge in [-0.1, -0.05) is 12.1 Å². The topological polar surface area (TPSA) is 50.4 Å². The largest absolute Gasteiger partial charge is 0.492 e. The second-order valence-electron chi connectivity index (χ2n) is 7.48. The molecule has 2 amide bonds. The van der Waals surface area contributed by atoms with Gasteiger partial charge in [0.2, 0.25) is 0 Å². The summed E-state index contributed by atoms with van der Waals surface area (Å²) >= 11 is 0. The van der Waals surface area contributed by atoms with Crippen molar-refractivity contribution in [3.05, 3.63) is 24.3 Å². The fraction of sp³-hybridized carbons (Fsp3) is 0.632. The van der Waals surface area contributed by atoms with E-state index in [9.17, 15) is 4.79 Å². The van der Waals surface area contributed by atoms with E-state index in [1.165, 1.54) is 32.1 Å². The Morgan fingerprint density at radius 3 is 2.39 bits per heavy atom. The molecule has 0 aromatic heterocycles. The maximum atomic E-state index is 12.5. The van der Waals surface area contributed by atoms with Crippen molar-refractivity contribution < 1.29 is 9.53 Å². The Balaban J connectivity index is 1.41. The van der Waals surface area contributed by atoms with Gasteiger partial charge in [0.05, 0.1) is 12.3 Å². The number of ether oxygens (including phenoxy) is 1. The highest BCUT2D eigenvalue weighted by atomic mass is 16.5. The van der Waals surface area contributed by atoms with Crippen LogP contribution < -0.4 is 15.4 Å². The highest BCUT2D eigenvalue weighted by molar-refractivity contribution is 5.91. The van der Waals surface area contributed by atoms with Crippen LogP contribution in [0.3, 0.4) is 0 Å². The van der Waals surface area contributed by atoms with Crippen LogP contribution in [0.15, 0.2) is 24.3 Å². The smallest absolute Gasteiger partial charge is 0.319 e. The van der Waals surface area contributed by atoms with E-state index in [0.717, 1.165) is 23.3 Å². The fourth-order valence-corrected chi connectivity index (χ4v) is 5.32. The second kappa shape index (κ2) is 6.06. The standard InChI is InChI=1S/C19H26N2O2/c1-2-23-17-6-4-3-5-16(17)20-19(22)21-18-14-8-12-7-13(10-14)11-15(18)9-12/h3-6,12-15,18H,2,7-11H2,1H3,(H2,20,21,22). The first kappa shape index (κ1) is 14.9. The van der Waals surface area contributed by atoms with Crippen LogP contribution in [-0.4, -0.2) is 18.7 Å². The number of benzene rings is 1. The van der Waals surface area contributed by atoms with Crippen LogP contribution in [0, 0.1) is 23.7 Å². The number of carbonyl (C=O) groups is 1. The number of urea groups is 1. The fourth-order valence-electron chi connectivity index (χ4n) is 5.32. The third-order valence-corrected chi connectivity index (χ3v) is 5.96. The Bertz CT molecular complexity index is 558. The van der Waals surface area contributed by atoms with E-state index in [0.29, 0.717) is 24.5 Å². The van der Waals surface area contributed by atoms with Gasteiger partial charge in [-0.3, -0.25) is 0 Å². The zero-order chi connectivity index (χ0) is 15.8. The Hall–Kier alpha value is -1.71. The van der Waals surface area contributed by atoms with Crippen molar-refractivity contribution >= 4 is 11.7 Å². The van der Waals surface area contributed by atoms with Crippen LogP contribution in [0.5, 0.6) is 5.75 Å². The van der Waals surface area contributed by atoms with E-state index in [1.807, 2.05) is 31.2 Å². The number of para-hydroxylation sites is 2. The summed E-state index contributed by atoms with van der Waals surface area (Å²) in [5, 5.41) is 6.25. The molecule has 1 aromatic rings. The first-order chi connectivity index (χ1) is 11.2. The Morgan fingerprint density at radius 2 is 1.74 bits per heavy atom. The molecule has 4 aliphatic carbocycles. The monoisotopic (exact) mass is 314 g/mol. The molecule has 4 heteroatoms. The van der Waals surface area contributed by atoms with E-state index in [-0.39, 0.29) is 6.03 Å². The Kier molecular flexibility index (Phi) is 3.92. The van der Waals surface area contributed by atoms with Crippen molar-refractivity contribution in [2.75, 3.05) is 11.9 Å². The van der Waals surface area contributed by atoms with Crippen LogP contribution in [0.2, 0.25) is 0 Å². The summed E-state index contributed by atoms with van der Waals surface area (Å²) in [5.41, 5.74) is 0.746. The van der Waals surface area contributed by atoms with E-state index in [4.69, 9.17) is 4.74 Å². The molecule has 23 heavy (non-hydrogen) atoms. The summed E-state index contributed by atoms with van der Waals surface area (Å²) in [6.45, 7) is 2.54. The van der Waals surface area contributed by atoms with Gasteiger partial charge in [-0.2, -0.15) is 0 Å². The Morgan fingerprint density at radius 1 is 1.09 bits per heavy atom. The zero-order valence-corrected chi connectivity index (χ0v) is 13.8. The highest BCUT2D eigenvalue weighted by Gasteiger charge is 2.48. The van der Waals surface area contributed by atoms with Crippen LogP contribution in [0.25, 0.3) is 0 Å². The minimum absolute atomic E-state index is 0.0883. The molecule has 0 saturated heterocycles. The number of hydrogen-bond acceptors (Lipinski definition) is 2. The third-order valence-electron chi connectivity index (χ3n) is 5.96. The van der Waals surface area contributed by atoms with Gasteiger partial charge in [-0.15, -0.1) is 0 Å². The van der Waals surface area contributed by atoms with Crippen LogP contribution in [-0.2, 0) is 0 Å². The lowest BCUT2D eigenvalue weighted by atomic mass is 9.54. The lowest BCUT2D eigenvalue weighted by Crippen LogP contribution is -2.56. The van der Waals surface area contributed by atoms with E-state index in [2.05, 4.69) is 10.6 Å². The summed E-state index contributed by atoms with van der Waals surface area (Å²) < 4.78 is 5.58. The number of rotatable bonds is 4. The molecule has 2 N–H and O–H groups in total. The summed E-state index contributed by atoms with van der Waals surface area (Å²) in [4.78, 5) is 12.5. The van der Waals surface area contributed by atoms with Crippen LogP contribution in [0.1, 0.15) is 39.0 Å². The molecule has 4 bridgehead atoms. The van der Waals surface area contributed by atoms with Crippen molar-refractivity contribution in [1.29, 1.82) is 0 Å². The number of hydrogen-bond donors (Lipinski definition) is 2. The van der Waals surface area contributed by atoms with Gasteiger partial charge in [0, 0.05) is 6.04 Å². The van der Waals surface area contributed by atoms with Gasteiger partial charge in [0.25, 0.3) is 0 Å². The van der Waals surface area contributed by atoms with Gasteiger partial charge in [0.15, 0.2) is 0 Å². The third kappa shape index (κ3) is 2.91. The molecule has 4 aliphatic rings. The summed E-state index contributed by atoms with van der Waals surface area (Å²) in [6.07, 6.45) is 6.69. The summed E-state index contributed by atoms with van der Waals surface area (Å²) in [7, 11) is 0. The van der Waals surface area contributed by atoms with Crippen molar-refractivity contribution in [2.24, 2.45) is 23.7 Å². The number of anilines is 1. The van der Waals surface area contributed by atoms with Crippen LogP contribution in [0.4, 0.5) is 10.5 Å². The van der Waals surface area contributed by atoms with E-state index < -0.39 is 0 Å². The maximum absolute atomic E-state index is 12.5. The molecule has 5 rings (SSSR count). The number of carbonyl (C=O) groups excluding carboxylic acids is 1. The van der Waals surface area contributed by atoms with Gasteiger partial charge in [0.1, 0.15) is 5.75 Å². The molecule has 0 radical (unpaired) electrons. The van der Waals surface area contributed by atoms with Gasteiger partial charge < -0.3 is 15.4 Å². The zero-order valence-electron chi connectivity index (χ0n) is 13.8. The Labute approximate surface area is 138 Å². The first-order valence-electron chi connectivity index (χ1n) is 9.02. The molecule has 4 nitrogen and oxygen atoms in total. The lowest BCUT2D eigenvalue weighted by molar-refractivity contribution is -0.00883. The molecule has 0 spiro atoms. The lowest BCUT2D eigenvalue weighted by Gasteiger charge is -2.54. The normalized spacial score (nSPS) is 34.2. The maximum Gasteiger partial charge on any atom is 0.319 e. The molecule has 0 atom stereocenters. The highest BCUT2D eigenvalue weighted by Crippen LogP contribution is 2.53. The SMILES string of the molecule is CCOc1ccccc1NC(=O)NC1C2CC3CC(C2)CC1C3. The van der Waals surface area contributed by atoms with Crippen LogP contribution >= 0.6 is 0 Å².